The number of hydrogen-bond donors (Lipinski definition) is 0. The lowest BCUT2D eigenvalue weighted by molar-refractivity contribution is -0.105. The zero-order valence-electron chi connectivity index (χ0n) is 9.97. The van der Waals surface area contributed by atoms with E-state index >= 15 is 0 Å². The average Bonchev–Trinajstić information content (AvgIpc) is 2.21. The normalized spacial score (nSPS) is 15.2. The van der Waals surface area contributed by atoms with E-state index in [4.69, 9.17) is 0 Å². The van der Waals surface area contributed by atoms with E-state index in [2.05, 4.69) is 6.58 Å². The van der Waals surface area contributed by atoms with E-state index in [1.54, 1.807) is 6.08 Å². The molecule has 0 aliphatic carbocycles. The van der Waals surface area contributed by atoms with Crippen molar-refractivity contribution in [3.63, 3.8) is 0 Å². The molecule has 0 spiro atoms. The maximum atomic E-state index is 12.9. The second-order valence-electron chi connectivity index (χ2n) is 3.88. The molecule has 0 saturated carbocycles. The molecule has 0 rings (SSSR count). The maximum absolute atomic E-state index is 12.9. The van der Waals surface area contributed by atoms with Crippen molar-refractivity contribution >= 4 is 6.29 Å². The molecule has 1 atom stereocenters. The highest BCUT2D eigenvalue weighted by molar-refractivity contribution is 5.81. The van der Waals surface area contributed by atoms with Crippen molar-refractivity contribution in [3.05, 3.63) is 36.0 Å². The van der Waals surface area contributed by atoms with Crippen LogP contribution in [0.5, 0.6) is 0 Å². The molecule has 0 bridgehead atoms. The molecule has 3 heteroatoms. The van der Waals surface area contributed by atoms with Gasteiger partial charge in [-0.1, -0.05) is 45.1 Å². The van der Waals surface area contributed by atoms with E-state index in [0.717, 1.165) is 13.3 Å². The van der Waals surface area contributed by atoms with Gasteiger partial charge in [-0.05, 0) is 5.92 Å². The lowest BCUT2D eigenvalue weighted by atomic mass is 10.0. The third kappa shape index (κ3) is 5.01. The van der Waals surface area contributed by atoms with Crippen LogP contribution in [0.15, 0.2) is 36.0 Å². The average molecular weight is 228 g/mol. The van der Waals surface area contributed by atoms with Gasteiger partial charge in [0, 0.05) is 18.1 Å². The molecule has 0 aliphatic rings. The minimum Gasteiger partial charge on any atom is -0.298 e. The van der Waals surface area contributed by atoms with Crippen LogP contribution in [0, 0.1) is 5.92 Å². The molecular formula is C13H18F2O. The summed E-state index contributed by atoms with van der Waals surface area (Å²) in [4.78, 5) is 10.6. The van der Waals surface area contributed by atoms with Gasteiger partial charge in [0.15, 0.2) is 6.29 Å². The molecule has 16 heavy (non-hydrogen) atoms. The molecule has 0 aromatic carbocycles. The monoisotopic (exact) mass is 228 g/mol. The van der Waals surface area contributed by atoms with Gasteiger partial charge in [0.25, 0.3) is 5.92 Å². The Labute approximate surface area is 95.5 Å². The summed E-state index contributed by atoms with van der Waals surface area (Å²) in [6.07, 6.45) is 6.23. The third-order valence-corrected chi connectivity index (χ3v) is 2.36. The predicted octanol–water partition coefficient (Wildman–Crippen LogP) is 3.93. The van der Waals surface area contributed by atoms with Crippen LogP contribution in [0.2, 0.25) is 0 Å². The summed E-state index contributed by atoms with van der Waals surface area (Å²) < 4.78 is 25.8. The van der Waals surface area contributed by atoms with Crippen molar-refractivity contribution in [3.8, 4) is 0 Å². The number of alkyl halides is 2. The smallest absolute Gasteiger partial charge is 0.270 e. The van der Waals surface area contributed by atoms with Gasteiger partial charge in [-0.2, -0.15) is 0 Å². The van der Waals surface area contributed by atoms with Crippen LogP contribution >= 0.6 is 0 Å². The van der Waals surface area contributed by atoms with Gasteiger partial charge in [0.1, 0.15) is 0 Å². The van der Waals surface area contributed by atoms with Crippen LogP contribution in [0.3, 0.4) is 0 Å². The Morgan fingerprint density at radius 2 is 2.06 bits per heavy atom. The second-order valence-corrected chi connectivity index (χ2v) is 3.88. The lowest BCUT2D eigenvalue weighted by Crippen LogP contribution is -2.15. The maximum Gasteiger partial charge on any atom is 0.270 e. The Bertz CT molecular complexity index is 308. The fourth-order valence-corrected chi connectivity index (χ4v) is 0.949. The van der Waals surface area contributed by atoms with Gasteiger partial charge >= 0.3 is 0 Å². The van der Waals surface area contributed by atoms with Gasteiger partial charge in [-0.3, -0.25) is 4.79 Å². The fraction of sp³-hybridized carbons (Fsp3) is 0.462. The van der Waals surface area contributed by atoms with Crippen LogP contribution < -0.4 is 0 Å². The third-order valence-electron chi connectivity index (χ3n) is 2.36. The minimum atomic E-state index is -3.06. The van der Waals surface area contributed by atoms with Crippen molar-refractivity contribution in [1.29, 1.82) is 0 Å². The standard InChI is InChI=1S/C13H18F2O/c1-5-10(2)7-6-8-12(9-16)11(3)13(4,14)15/h6-10H,3,5H2,1-2,4H3/b7-6-,12-8-. The van der Waals surface area contributed by atoms with Crippen LogP contribution in [0.1, 0.15) is 27.2 Å². The molecular weight excluding hydrogens is 210 g/mol. The minimum absolute atomic E-state index is 0.0629. The van der Waals surface area contributed by atoms with E-state index in [9.17, 15) is 13.6 Å². The molecule has 0 aliphatic heterocycles. The highest BCUT2D eigenvalue weighted by atomic mass is 19.3. The van der Waals surface area contributed by atoms with E-state index in [1.165, 1.54) is 6.08 Å². The number of hydrogen-bond acceptors (Lipinski definition) is 1. The summed E-state index contributed by atoms with van der Waals surface area (Å²) in [6, 6.07) is 0. The fourth-order valence-electron chi connectivity index (χ4n) is 0.949. The summed E-state index contributed by atoms with van der Waals surface area (Å²) in [5, 5.41) is 0. The first-order valence-electron chi connectivity index (χ1n) is 5.24. The van der Waals surface area contributed by atoms with Crippen LogP contribution in [-0.4, -0.2) is 12.2 Å². The number of carbonyl (C=O) groups excluding carboxylic acids is 1. The largest absolute Gasteiger partial charge is 0.298 e. The number of halogens is 2. The zero-order chi connectivity index (χ0) is 12.8. The topological polar surface area (TPSA) is 17.1 Å². The number of carbonyl (C=O) groups is 1. The molecule has 0 fully saturated rings. The Hall–Kier alpha value is -1.25. The predicted molar refractivity (Wildman–Crippen MR) is 62.5 cm³/mol. The quantitative estimate of drug-likeness (QED) is 0.382. The second kappa shape index (κ2) is 6.36. The Balaban J connectivity index is 4.75. The molecule has 0 aromatic rings. The Kier molecular flexibility index (Phi) is 5.86. The van der Waals surface area contributed by atoms with Gasteiger partial charge in [0.05, 0.1) is 0 Å². The summed E-state index contributed by atoms with van der Waals surface area (Å²) in [5.74, 6) is -2.70. The van der Waals surface area contributed by atoms with Gasteiger partial charge in [0.2, 0.25) is 0 Å². The number of aldehydes is 1. The SMILES string of the molecule is C=C(/C(C=O)=C\C=C/C(C)CC)C(C)(F)F. The molecule has 0 heterocycles. The van der Waals surface area contributed by atoms with E-state index in [-0.39, 0.29) is 5.57 Å². The first-order valence-corrected chi connectivity index (χ1v) is 5.24. The first kappa shape index (κ1) is 14.8. The van der Waals surface area contributed by atoms with Crippen molar-refractivity contribution in [2.75, 3.05) is 0 Å². The lowest BCUT2D eigenvalue weighted by Gasteiger charge is -2.12. The Morgan fingerprint density at radius 3 is 2.44 bits per heavy atom. The van der Waals surface area contributed by atoms with Crippen LogP contribution in [0.25, 0.3) is 0 Å². The number of allylic oxidation sites excluding steroid dienone is 5. The van der Waals surface area contributed by atoms with Crippen molar-refractivity contribution in [2.45, 2.75) is 33.1 Å². The first-order chi connectivity index (χ1) is 7.32. The molecule has 0 radical (unpaired) electrons. The summed E-state index contributed by atoms with van der Waals surface area (Å²) in [5.41, 5.74) is -0.511. The molecule has 90 valence electrons. The van der Waals surface area contributed by atoms with Crippen molar-refractivity contribution in [1.82, 2.24) is 0 Å². The molecule has 0 saturated heterocycles. The van der Waals surface area contributed by atoms with Gasteiger partial charge in [-0.15, -0.1) is 0 Å². The summed E-state index contributed by atoms with van der Waals surface area (Å²) >= 11 is 0. The molecule has 1 nitrogen and oxygen atoms in total. The van der Waals surface area contributed by atoms with Crippen molar-refractivity contribution in [2.24, 2.45) is 5.92 Å². The van der Waals surface area contributed by atoms with Crippen molar-refractivity contribution < 1.29 is 13.6 Å². The molecule has 1 unspecified atom stereocenters. The summed E-state index contributed by atoms with van der Waals surface area (Å²) in [7, 11) is 0. The van der Waals surface area contributed by atoms with Crippen LogP contribution in [0.4, 0.5) is 8.78 Å². The van der Waals surface area contributed by atoms with E-state index in [1.807, 2.05) is 19.9 Å². The number of rotatable bonds is 6. The van der Waals surface area contributed by atoms with Gasteiger partial charge < -0.3 is 0 Å². The van der Waals surface area contributed by atoms with Gasteiger partial charge in [-0.25, -0.2) is 8.78 Å². The van der Waals surface area contributed by atoms with E-state index in [0.29, 0.717) is 12.2 Å². The summed E-state index contributed by atoms with van der Waals surface area (Å²) in [6.45, 7) is 7.99. The molecule has 0 aromatic heterocycles. The van der Waals surface area contributed by atoms with Crippen LogP contribution in [-0.2, 0) is 4.79 Å². The van der Waals surface area contributed by atoms with E-state index < -0.39 is 11.5 Å². The highest BCUT2D eigenvalue weighted by Gasteiger charge is 2.27. The zero-order valence-corrected chi connectivity index (χ0v) is 9.97. The molecule has 0 amide bonds. The highest BCUT2D eigenvalue weighted by Crippen LogP contribution is 2.26. The Morgan fingerprint density at radius 1 is 1.50 bits per heavy atom. The molecule has 0 N–H and O–H groups in total.